The van der Waals surface area contributed by atoms with Gasteiger partial charge in [0, 0.05) is 9.75 Å². The Balaban J connectivity index is 1.81. The molecule has 18 heavy (non-hydrogen) atoms. The molecular weight excluding hydrogens is 244 g/mol. The number of amides is 1. The highest BCUT2D eigenvalue weighted by Gasteiger charge is 2.17. The van der Waals surface area contributed by atoms with E-state index in [1.807, 2.05) is 11.3 Å². The monoisotopic (exact) mass is 266 g/mol. The Morgan fingerprint density at radius 3 is 2.94 bits per heavy atom. The van der Waals surface area contributed by atoms with E-state index in [1.165, 1.54) is 34.6 Å². The first-order valence-corrected chi connectivity index (χ1v) is 7.51. The standard InChI is InChI=1S/C14H22N2OS/c1-9(2)6-12(15)14(17)16-8-11-7-10-4-3-5-13(10)18-11/h7,9,12H,3-6,8,15H2,1-2H3,(H,16,17)/t12-/m1/s1. The summed E-state index contributed by atoms with van der Waals surface area (Å²) >= 11 is 1.83. The van der Waals surface area contributed by atoms with Gasteiger partial charge in [-0.2, -0.15) is 0 Å². The van der Waals surface area contributed by atoms with Crippen LogP contribution in [0.15, 0.2) is 6.07 Å². The average Bonchev–Trinajstić information content (AvgIpc) is 2.84. The maximum atomic E-state index is 11.8. The normalized spacial score (nSPS) is 15.8. The lowest BCUT2D eigenvalue weighted by Crippen LogP contribution is -2.40. The number of nitrogens with one attached hydrogen (secondary N) is 1. The highest BCUT2D eigenvalue weighted by Crippen LogP contribution is 2.30. The van der Waals surface area contributed by atoms with Gasteiger partial charge in [-0.1, -0.05) is 13.8 Å². The van der Waals surface area contributed by atoms with Gasteiger partial charge in [-0.3, -0.25) is 4.79 Å². The molecule has 0 fully saturated rings. The van der Waals surface area contributed by atoms with Crippen molar-refractivity contribution >= 4 is 17.2 Å². The highest BCUT2D eigenvalue weighted by molar-refractivity contribution is 7.12. The van der Waals surface area contributed by atoms with Crippen molar-refractivity contribution in [3.63, 3.8) is 0 Å². The van der Waals surface area contributed by atoms with Crippen LogP contribution in [-0.2, 0) is 24.2 Å². The largest absolute Gasteiger partial charge is 0.350 e. The van der Waals surface area contributed by atoms with Crippen LogP contribution in [-0.4, -0.2) is 11.9 Å². The fraction of sp³-hybridized carbons (Fsp3) is 0.643. The molecule has 1 atom stereocenters. The van der Waals surface area contributed by atoms with Crippen molar-refractivity contribution in [1.29, 1.82) is 0 Å². The first-order chi connectivity index (χ1) is 8.56. The number of carbonyl (C=O) groups excluding carboxylic acids is 1. The second-order valence-corrected chi connectivity index (χ2v) is 6.69. The second kappa shape index (κ2) is 5.85. The van der Waals surface area contributed by atoms with Crippen LogP contribution in [0.3, 0.4) is 0 Å². The Bertz CT molecular complexity index is 404. The number of hydrogen-bond donors (Lipinski definition) is 2. The van der Waals surface area contributed by atoms with Crippen LogP contribution in [0.4, 0.5) is 0 Å². The molecule has 2 rings (SSSR count). The number of rotatable bonds is 5. The molecule has 3 nitrogen and oxygen atoms in total. The summed E-state index contributed by atoms with van der Waals surface area (Å²) in [5.74, 6) is 0.425. The third-order valence-electron chi connectivity index (χ3n) is 3.30. The zero-order chi connectivity index (χ0) is 13.1. The molecule has 0 radical (unpaired) electrons. The number of hydrogen-bond acceptors (Lipinski definition) is 3. The Hall–Kier alpha value is -0.870. The summed E-state index contributed by atoms with van der Waals surface area (Å²) in [4.78, 5) is 14.6. The van der Waals surface area contributed by atoms with Crippen molar-refractivity contribution in [3.8, 4) is 0 Å². The average molecular weight is 266 g/mol. The molecule has 100 valence electrons. The van der Waals surface area contributed by atoms with Crippen molar-refractivity contribution < 1.29 is 4.79 Å². The summed E-state index contributed by atoms with van der Waals surface area (Å²) in [6, 6.07) is 1.86. The molecule has 1 amide bonds. The van der Waals surface area contributed by atoms with E-state index in [2.05, 4.69) is 25.2 Å². The lowest BCUT2D eigenvalue weighted by Gasteiger charge is -2.13. The van der Waals surface area contributed by atoms with Gasteiger partial charge in [0.2, 0.25) is 5.91 Å². The summed E-state index contributed by atoms with van der Waals surface area (Å²) in [5.41, 5.74) is 7.33. The fourth-order valence-corrected chi connectivity index (χ4v) is 3.60. The molecule has 1 aromatic heterocycles. The van der Waals surface area contributed by atoms with Crippen LogP contribution >= 0.6 is 11.3 Å². The lowest BCUT2D eigenvalue weighted by atomic mass is 10.0. The van der Waals surface area contributed by atoms with Gasteiger partial charge in [0.05, 0.1) is 12.6 Å². The maximum Gasteiger partial charge on any atom is 0.237 e. The van der Waals surface area contributed by atoms with E-state index < -0.39 is 0 Å². The molecule has 3 N–H and O–H groups in total. The molecule has 4 heteroatoms. The first-order valence-electron chi connectivity index (χ1n) is 6.70. The van der Waals surface area contributed by atoms with Crippen LogP contribution in [0.1, 0.15) is 42.0 Å². The first kappa shape index (κ1) is 13.6. The van der Waals surface area contributed by atoms with Crippen molar-refractivity contribution in [2.45, 2.75) is 52.1 Å². The number of aryl methyl sites for hydroxylation is 2. The molecule has 0 unspecified atom stereocenters. The van der Waals surface area contributed by atoms with E-state index in [-0.39, 0.29) is 11.9 Å². The molecule has 1 aliphatic rings. The zero-order valence-corrected chi connectivity index (χ0v) is 12.0. The minimum absolute atomic E-state index is 0.0303. The van der Waals surface area contributed by atoms with Gasteiger partial charge in [0.15, 0.2) is 0 Å². The van der Waals surface area contributed by atoms with E-state index in [1.54, 1.807) is 0 Å². The number of carbonyl (C=O) groups is 1. The van der Waals surface area contributed by atoms with E-state index >= 15 is 0 Å². The Kier molecular flexibility index (Phi) is 4.40. The Morgan fingerprint density at radius 1 is 1.50 bits per heavy atom. The molecule has 0 spiro atoms. The SMILES string of the molecule is CC(C)C[C@@H](N)C(=O)NCc1cc2c(s1)CCC2. The third-order valence-corrected chi connectivity index (χ3v) is 4.53. The fourth-order valence-electron chi connectivity index (χ4n) is 2.40. The van der Waals surface area contributed by atoms with E-state index in [4.69, 9.17) is 5.73 Å². The van der Waals surface area contributed by atoms with Crippen molar-refractivity contribution in [2.24, 2.45) is 11.7 Å². The summed E-state index contributed by atoms with van der Waals surface area (Å²) in [6.07, 6.45) is 4.44. The summed E-state index contributed by atoms with van der Waals surface area (Å²) in [6.45, 7) is 4.79. The highest BCUT2D eigenvalue weighted by atomic mass is 32.1. The molecule has 0 bridgehead atoms. The Labute approximate surface area is 113 Å². The lowest BCUT2D eigenvalue weighted by molar-refractivity contribution is -0.122. The second-order valence-electron chi connectivity index (χ2n) is 5.47. The summed E-state index contributed by atoms with van der Waals surface area (Å²) in [7, 11) is 0. The van der Waals surface area contributed by atoms with Gasteiger partial charge in [-0.05, 0) is 43.2 Å². The number of thiophene rings is 1. The van der Waals surface area contributed by atoms with Crippen molar-refractivity contribution in [3.05, 3.63) is 21.4 Å². The Morgan fingerprint density at radius 2 is 2.28 bits per heavy atom. The van der Waals surface area contributed by atoms with E-state index in [9.17, 15) is 4.79 Å². The van der Waals surface area contributed by atoms with Gasteiger partial charge in [-0.15, -0.1) is 11.3 Å². The molecule has 1 aromatic rings. The van der Waals surface area contributed by atoms with Crippen LogP contribution in [0, 0.1) is 5.92 Å². The maximum absolute atomic E-state index is 11.8. The third kappa shape index (κ3) is 3.33. The van der Waals surface area contributed by atoms with Gasteiger partial charge < -0.3 is 11.1 Å². The van der Waals surface area contributed by atoms with Crippen LogP contribution in [0.25, 0.3) is 0 Å². The summed E-state index contributed by atoms with van der Waals surface area (Å²) < 4.78 is 0. The van der Waals surface area contributed by atoms with Gasteiger partial charge in [0.1, 0.15) is 0 Å². The number of fused-ring (bicyclic) bond motifs is 1. The number of nitrogens with two attached hydrogens (primary N) is 1. The van der Waals surface area contributed by atoms with Crippen molar-refractivity contribution in [2.75, 3.05) is 0 Å². The quantitative estimate of drug-likeness (QED) is 0.858. The smallest absolute Gasteiger partial charge is 0.237 e. The summed E-state index contributed by atoms with van der Waals surface area (Å²) in [5, 5.41) is 2.94. The molecule has 1 aliphatic carbocycles. The van der Waals surface area contributed by atoms with Crippen LogP contribution in [0.5, 0.6) is 0 Å². The molecule has 0 aromatic carbocycles. The molecule has 0 aliphatic heterocycles. The van der Waals surface area contributed by atoms with Crippen LogP contribution in [0.2, 0.25) is 0 Å². The van der Waals surface area contributed by atoms with E-state index in [0.29, 0.717) is 12.5 Å². The molecule has 0 saturated carbocycles. The van der Waals surface area contributed by atoms with Gasteiger partial charge >= 0.3 is 0 Å². The predicted molar refractivity (Wildman–Crippen MR) is 75.6 cm³/mol. The minimum Gasteiger partial charge on any atom is -0.350 e. The van der Waals surface area contributed by atoms with E-state index in [0.717, 1.165) is 6.42 Å². The van der Waals surface area contributed by atoms with Gasteiger partial charge in [0.25, 0.3) is 0 Å². The van der Waals surface area contributed by atoms with Crippen molar-refractivity contribution in [1.82, 2.24) is 5.32 Å². The zero-order valence-electron chi connectivity index (χ0n) is 11.2. The molecule has 1 heterocycles. The van der Waals surface area contributed by atoms with Crippen LogP contribution < -0.4 is 11.1 Å². The predicted octanol–water partition coefficient (Wildman–Crippen LogP) is 2.23. The minimum atomic E-state index is -0.378. The molecular formula is C14H22N2OS. The van der Waals surface area contributed by atoms with Gasteiger partial charge in [-0.25, -0.2) is 0 Å². The molecule has 0 saturated heterocycles. The topological polar surface area (TPSA) is 55.1 Å².